The Labute approximate surface area is 185 Å². The van der Waals surface area contributed by atoms with E-state index in [9.17, 15) is 9.59 Å². The minimum Gasteiger partial charge on any atom is -0.369 e. The summed E-state index contributed by atoms with van der Waals surface area (Å²) in [5, 5.41) is 5.91. The molecule has 6 rings (SSSR count). The van der Waals surface area contributed by atoms with Crippen molar-refractivity contribution in [1.29, 1.82) is 0 Å². The summed E-state index contributed by atoms with van der Waals surface area (Å²) in [7, 11) is 0. The molecule has 0 aromatic heterocycles. The molecule has 3 amide bonds. The van der Waals surface area contributed by atoms with Gasteiger partial charge in [-0.3, -0.25) is 15.0 Å². The van der Waals surface area contributed by atoms with Gasteiger partial charge in [-0.15, -0.1) is 0 Å². The van der Waals surface area contributed by atoms with E-state index in [4.69, 9.17) is 0 Å². The van der Waals surface area contributed by atoms with Crippen LogP contribution in [-0.2, 0) is 4.79 Å². The average Bonchev–Trinajstić information content (AvgIpc) is 2.72. The number of para-hydroxylation sites is 1. The Balaban J connectivity index is 1.12. The Hall–Kier alpha value is -2.08. The number of anilines is 1. The van der Waals surface area contributed by atoms with Gasteiger partial charge in [0.05, 0.1) is 6.04 Å². The van der Waals surface area contributed by atoms with Crippen molar-refractivity contribution in [3.63, 3.8) is 0 Å². The quantitative estimate of drug-likeness (QED) is 0.778. The number of nitrogens with zero attached hydrogens (tertiary/aromatic N) is 2. The van der Waals surface area contributed by atoms with E-state index < -0.39 is 0 Å². The van der Waals surface area contributed by atoms with Crippen LogP contribution in [0.25, 0.3) is 0 Å². The van der Waals surface area contributed by atoms with Crippen LogP contribution in [0, 0.1) is 24.7 Å². The predicted octanol–water partition coefficient (Wildman–Crippen LogP) is 3.30. The monoisotopic (exact) mass is 424 g/mol. The molecule has 1 aromatic rings. The molecule has 6 nitrogen and oxygen atoms in total. The molecule has 1 aromatic carbocycles. The molecule has 0 spiro atoms. The maximum atomic E-state index is 12.8. The van der Waals surface area contributed by atoms with Gasteiger partial charge in [0.2, 0.25) is 5.91 Å². The molecule has 0 unspecified atom stereocenters. The van der Waals surface area contributed by atoms with Crippen molar-refractivity contribution in [2.45, 2.75) is 64.0 Å². The zero-order chi connectivity index (χ0) is 21.6. The van der Waals surface area contributed by atoms with Crippen LogP contribution in [-0.4, -0.2) is 54.6 Å². The van der Waals surface area contributed by atoms with E-state index in [1.165, 1.54) is 30.5 Å². The van der Waals surface area contributed by atoms with E-state index >= 15 is 0 Å². The number of benzene rings is 1. The highest BCUT2D eigenvalue weighted by molar-refractivity contribution is 5.97. The number of amides is 3. The van der Waals surface area contributed by atoms with Crippen LogP contribution >= 0.6 is 0 Å². The first-order valence-electron chi connectivity index (χ1n) is 12.1. The number of rotatable bonds is 4. The second kappa shape index (κ2) is 8.12. The smallest absolute Gasteiger partial charge is 0.321 e. The number of carbonyl (C=O) groups excluding carboxylic acids is 2. The van der Waals surface area contributed by atoms with Crippen LogP contribution < -0.4 is 15.5 Å². The molecule has 5 aliphatic rings. The van der Waals surface area contributed by atoms with Crippen LogP contribution in [0.2, 0.25) is 0 Å². The van der Waals surface area contributed by atoms with Gasteiger partial charge in [-0.25, -0.2) is 4.79 Å². The molecular formula is C25H36N4O2. The van der Waals surface area contributed by atoms with Gasteiger partial charge < -0.3 is 10.2 Å². The summed E-state index contributed by atoms with van der Waals surface area (Å²) in [6.07, 6.45) is 7.30. The number of imide groups is 1. The second-order valence-corrected chi connectivity index (χ2v) is 10.6. The fourth-order valence-electron chi connectivity index (χ4n) is 7.19. The summed E-state index contributed by atoms with van der Waals surface area (Å²) in [5.41, 5.74) is 2.49. The lowest BCUT2D eigenvalue weighted by Gasteiger charge is -2.56. The van der Waals surface area contributed by atoms with Gasteiger partial charge >= 0.3 is 6.03 Å². The van der Waals surface area contributed by atoms with Crippen molar-refractivity contribution in [3.8, 4) is 0 Å². The molecule has 0 radical (unpaired) electrons. The lowest BCUT2D eigenvalue weighted by atomic mass is 9.53. The van der Waals surface area contributed by atoms with Gasteiger partial charge in [-0.2, -0.15) is 0 Å². The van der Waals surface area contributed by atoms with E-state index in [2.05, 4.69) is 51.6 Å². The summed E-state index contributed by atoms with van der Waals surface area (Å²) in [5.74, 6) is 2.12. The number of aryl methyl sites for hydroxylation is 1. The summed E-state index contributed by atoms with van der Waals surface area (Å²) in [6, 6.07) is 7.85. The Morgan fingerprint density at radius 1 is 0.968 bits per heavy atom. The van der Waals surface area contributed by atoms with Crippen LogP contribution in [0.15, 0.2) is 24.3 Å². The van der Waals surface area contributed by atoms with Crippen molar-refractivity contribution in [2.75, 3.05) is 31.1 Å². The lowest BCUT2D eigenvalue weighted by Crippen LogP contribution is -2.63. The Bertz CT molecular complexity index is 810. The fraction of sp³-hybridized carbons (Fsp3) is 0.680. The van der Waals surface area contributed by atoms with E-state index in [1.807, 2.05) is 6.92 Å². The van der Waals surface area contributed by atoms with Crippen molar-refractivity contribution in [1.82, 2.24) is 15.5 Å². The number of hydrogen-bond acceptors (Lipinski definition) is 4. The molecule has 168 valence electrons. The Kier molecular flexibility index (Phi) is 5.45. The zero-order valence-corrected chi connectivity index (χ0v) is 18.9. The predicted molar refractivity (Wildman–Crippen MR) is 122 cm³/mol. The van der Waals surface area contributed by atoms with Gasteiger partial charge in [-0.05, 0) is 81.8 Å². The van der Waals surface area contributed by atoms with Crippen LogP contribution in [0.5, 0.6) is 0 Å². The molecule has 4 saturated carbocycles. The molecule has 1 atom stereocenters. The number of hydrogen-bond donors (Lipinski definition) is 2. The number of carbonyl (C=O) groups is 2. The highest BCUT2D eigenvalue weighted by Gasteiger charge is 2.51. The highest BCUT2D eigenvalue weighted by atomic mass is 16.2. The van der Waals surface area contributed by atoms with Gasteiger partial charge in [0.1, 0.15) is 0 Å². The van der Waals surface area contributed by atoms with Gasteiger partial charge in [0.25, 0.3) is 0 Å². The summed E-state index contributed by atoms with van der Waals surface area (Å²) < 4.78 is 0. The Morgan fingerprint density at radius 2 is 1.55 bits per heavy atom. The molecule has 6 heteroatoms. The topological polar surface area (TPSA) is 64.7 Å². The SMILES string of the molecule is Cc1ccccc1N1CCN([C@H](C)C(=O)NC(=O)NC23CC4CC(CC(C4)C2)C3)CC1. The largest absolute Gasteiger partial charge is 0.369 e. The van der Waals surface area contributed by atoms with Crippen molar-refractivity contribution >= 4 is 17.6 Å². The average molecular weight is 425 g/mol. The molecule has 1 heterocycles. The molecule has 1 aliphatic heterocycles. The minimum absolute atomic E-state index is 0.0679. The number of urea groups is 1. The normalized spacial score (nSPS) is 33.2. The molecule has 5 fully saturated rings. The first kappa shape index (κ1) is 20.8. The summed E-state index contributed by atoms with van der Waals surface area (Å²) in [6.45, 7) is 7.47. The van der Waals surface area contributed by atoms with Crippen molar-refractivity contribution in [3.05, 3.63) is 29.8 Å². The molecular weight excluding hydrogens is 388 g/mol. The third kappa shape index (κ3) is 4.19. The highest BCUT2D eigenvalue weighted by Crippen LogP contribution is 2.55. The van der Waals surface area contributed by atoms with Gasteiger partial charge in [0.15, 0.2) is 0 Å². The van der Waals surface area contributed by atoms with E-state index in [1.54, 1.807) is 0 Å². The molecule has 1 saturated heterocycles. The molecule has 2 N–H and O–H groups in total. The maximum Gasteiger partial charge on any atom is 0.321 e. The van der Waals surface area contributed by atoms with Gasteiger partial charge in [-0.1, -0.05) is 18.2 Å². The minimum atomic E-state index is -0.305. The van der Waals surface area contributed by atoms with Crippen LogP contribution in [0.1, 0.15) is 51.0 Å². The summed E-state index contributed by atoms with van der Waals surface area (Å²) in [4.78, 5) is 30.1. The third-order valence-corrected chi connectivity index (χ3v) is 8.35. The van der Waals surface area contributed by atoms with E-state index in [0.717, 1.165) is 63.2 Å². The first-order chi connectivity index (χ1) is 14.9. The zero-order valence-electron chi connectivity index (χ0n) is 18.9. The van der Waals surface area contributed by atoms with Crippen LogP contribution in [0.3, 0.4) is 0 Å². The number of piperazine rings is 1. The van der Waals surface area contributed by atoms with Crippen LogP contribution in [0.4, 0.5) is 10.5 Å². The van der Waals surface area contributed by atoms with Crippen molar-refractivity contribution in [2.24, 2.45) is 17.8 Å². The first-order valence-corrected chi connectivity index (χ1v) is 12.1. The maximum absolute atomic E-state index is 12.8. The standard InChI is InChI=1S/C25H36N4O2/c1-17-5-3-4-6-22(17)29-9-7-28(8-10-29)18(2)23(30)26-24(31)27-25-14-19-11-20(15-25)13-21(12-19)16-25/h3-6,18-21H,7-16H2,1-2H3,(H2,26,27,30,31)/t18-,19?,20?,21?,25?/m1/s1. The fourth-order valence-corrected chi connectivity index (χ4v) is 7.19. The Morgan fingerprint density at radius 3 is 2.13 bits per heavy atom. The van der Waals surface area contributed by atoms with E-state index in [-0.39, 0.29) is 23.5 Å². The second-order valence-electron chi connectivity index (χ2n) is 10.6. The number of nitrogens with one attached hydrogen (secondary N) is 2. The van der Waals surface area contributed by atoms with Gasteiger partial charge in [0, 0.05) is 37.4 Å². The summed E-state index contributed by atoms with van der Waals surface area (Å²) >= 11 is 0. The molecule has 4 bridgehead atoms. The van der Waals surface area contributed by atoms with E-state index in [0.29, 0.717) is 0 Å². The van der Waals surface area contributed by atoms with Crippen molar-refractivity contribution < 1.29 is 9.59 Å². The third-order valence-electron chi connectivity index (χ3n) is 8.35. The lowest BCUT2D eigenvalue weighted by molar-refractivity contribution is -0.125. The molecule has 4 aliphatic carbocycles. The molecule has 31 heavy (non-hydrogen) atoms.